The van der Waals surface area contributed by atoms with Gasteiger partial charge in [0.25, 0.3) is 0 Å². The van der Waals surface area contributed by atoms with Gasteiger partial charge in [-0.2, -0.15) is 0 Å². The topological polar surface area (TPSA) is 81.1 Å². The largest absolute Gasteiger partial charge is 0.477 e. The summed E-state index contributed by atoms with van der Waals surface area (Å²) in [5, 5.41) is 19.0. The van der Waals surface area contributed by atoms with Gasteiger partial charge in [-0.1, -0.05) is 54.3 Å². The lowest BCUT2D eigenvalue weighted by Gasteiger charge is -2.43. The van der Waals surface area contributed by atoms with E-state index in [1.165, 1.54) is 28.4 Å². The van der Waals surface area contributed by atoms with Gasteiger partial charge in [0.05, 0.1) is 12.0 Å². The number of aliphatic hydroxyl groups excluding tert-OH is 1. The van der Waals surface area contributed by atoms with E-state index in [0.29, 0.717) is 21.5 Å². The fourth-order valence-electron chi connectivity index (χ4n) is 3.11. The number of rotatable bonds is 6. The Balaban J connectivity index is 1.64. The Morgan fingerprint density at radius 2 is 2.07 bits per heavy atom. The summed E-state index contributed by atoms with van der Waals surface area (Å²) in [6.45, 7) is 2.23. The highest BCUT2D eigenvalue weighted by Crippen LogP contribution is 2.51. The van der Waals surface area contributed by atoms with E-state index in [1.807, 2.05) is 42.3 Å². The average molecular weight is 425 g/mol. The number of aliphatic carboxylic acids is 1. The van der Waals surface area contributed by atoms with Crippen LogP contribution in [0.4, 0.5) is 0 Å². The first-order valence-corrected chi connectivity index (χ1v) is 10.6. The SMILES string of the molecule is C[C@@H](O)[C@H]1C(=O)N2C(C(=O)O)=C(CSC(=S)N(C)Cc3ccccc3)S[C@H]12. The summed E-state index contributed by atoms with van der Waals surface area (Å²) in [6, 6.07) is 9.94. The van der Waals surface area contributed by atoms with E-state index >= 15 is 0 Å². The van der Waals surface area contributed by atoms with Crippen LogP contribution in [0.1, 0.15) is 12.5 Å². The molecule has 3 atom stereocenters. The minimum absolute atomic E-state index is 0.0212. The Labute approximate surface area is 171 Å². The van der Waals surface area contributed by atoms with Gasteiger partial charge in [-0.15, -0.1) is 11.8 Å². The molecular weight excluding hydrogens is 404 g/mol. The van der Waals surface area contributed by atoms with E-state index in [0.717, 1.165) is 5.56 Å². The zero-order valence-corrected chi connectivity index (χ0v) is 17.3. The summed E-state index contributed by atoms with van der Waals surface area (Å²) in [5.41, 5.74) is 1.16. The maximum Gasteiger partial charge on any atom is 0.353 e. The molecule has 2 aliphatic heterocycles. The van der Waals surface area contributed by atoms with Gasteiger partial charge >= 0.3 is 5.97 Å². The van der Waals surface area contributed by atoms with Crippen molar-refractivity contribution >= 4 is 51.9 Å². The van der Waals surface area contributed by atoms with Gasteiger partial charge in [0.2, 0.25) is 5.91 Å². The lowest BCUT2D eigenvalue weighted by atomic mass is 9.92. The minimum atomic E-state index is -1.12. The first-order valence-electron chi connectivity index (χ1n) is 8.37. The molecule has 0 aliphatic carbocycles. The molecule has 1 aromatic rings. The van der Waals surface area contributed by atoms with E-state index < -0.39 is 18.0 Å². The van der Waals surface area contributed by atoms with Crippen molar-refractivity contribution < 1.29 is 19.8 Å². The van der Waals surface area contributed by atoms with Crippen LogP contribution in [0.3, 0.4) is 0 Å². The van der Waals surface area contributed by atoms with E-state index in [1.54, 1.807) is 6.92 Å². The van der Waals surface area contributed by atoms with E-state index in [-0.39, 0.29) is 17.0 Å². The molecule has 9 heteroatoms. The summed E-state index contributed by atoms with van der Waals surface area (Å²) < 4.78 is 0.657. The van der Waals surface area contributed by atoms with Crippen LogP contribution in [-0.2, 0) is 16.1 Å². The van der Waals surface area contributed by atoms with Gasteiger partial charge in [-0.25, -0.2) is 4.79 Å². The number of carboxylic acid groups (broad SMARTS) is 1. The molecule has 1 fully saturated rings. The van der Waals surface area contributed by atoms with Crippen LogP contribution in [0.15, 0.2) is 40.9 Å². The van der Waals surface area contributed by atoms with Crippen LogP contribution in [0.5, 0.6) is 0 Å². The smallest absolute Gasteiger partial charge is 0.353 e. The Hall–Kier alpha value is -1.55. The van der Waals surface area contributed by atoms with Crippen LogP contribution in [0, 0.1) is 5.92 Å². The van der Waals surface area contributed by atoms with Gasteiger partial charge < -0.3 is 15.1 Å². The molecule has 1 amide bonds. The molecule has 27 heavy (non-hydrogen) atoms. The standard InChI is InChI=1S/C18H20N2O4S3/c1-10(21)13-15(22)20-14(17(23)24)12(27-16(13)20)9-26-18(25)19(2)8-11-6-4-3-5-7-11/h3-7,10,13,16,21H,8-9H2,1-2H3,(H,23,24)/t10-,13+,16-/m1/s1. The molecular formula is C18H20N2O4S3. The summed E-state index contributed by atoms with van der Waals surface area (Å²) in [4.78, 5) is 27.7. The third-order valence-corrected chi connectivity index (χ3v) is 7.68. The predicted octanol–water partition coefficient (Wildman–Crippen LogP) is 2.34. The molecule has 1 saturated heterocycles. The predicted molar refractivity (Wildman–Crippen MR) is 111 cm³/mol. The number of benzene rings is 1. The summed E-state index contributed by atoms with van der Waals surface area (Å²) >= 11 is 8.19. The molecule has 1 aromatic carbocycles. The van der Waals surface area contributed by atoms with Gasteiger partial charge in [-0.3, -0.25) is 9.69 Å². The molecule has 0 spiro atoms. The number of carbonyl (C=O) groups is 2. The zero-order valence-electron chi connectivity index (χ0n) is 14.9. The van der Waals surface area contributed by atoms with Crippen molar-refractivity contribution in [1.82, 2.24) is 9.80 Å². The molecule has 2 aliphatic rings. The Bertz CT molecular complexity index is 797. The van der Waals surface area contributed by atoms with Crippen LogP contribution >= 0.6 is 35.7 Å². The maximum atomic E-state index is 12.2. The monoisotopic (exact) mass is 424 g/mol. The fraction of sp³-hybridized carbons (Fsp3) is 0.389. The number of carbonyl (C=O) groups excluding carboxylic acids is 1. The first kappa shape index (κ1) is 20.2. The van der Waals surface area contributed by atoms with Crippen LogP contribution in [0.2, 0.25) is 0 Å². The second kappa shape index (κ2) is 8.22. The highest BCUT2D eigenvalue weighted by Gasteiger charge is 2.57. The van der Waals surface area contributed by atoms with Crippen molar-refractivity contribution in [3.8, 4) is 0 Å². The summed E-state index contributed by atoms with van der Waals surface area (Å²) in [7, 11) is 1.90. The molecule has 2 heterocycles. The molecule has 3 rings (SSSR count). The van der Waals surface area contributed by atoms with Crippen molar-refractivity contribution in [3.63, 3.8) is 0 Å². The number of carboxylic acids is 1. The molecule has 0 bridgehead atoms. The number of amides is 1. The van der Waals surface area contributed by atoms with Crippen molar-refractivity contribution in [2.75, 3.05) is 12.8 Å². The fourth-order valence-corrected chi connectivity index (χ4v) is 5.87. The third-order valence-electron chi connectivity index (χ3n) is 4.48. The molecule has 0 aromatic heterocycles. The molecule has 2 N–H and O–H groups in total. The van der Waals surface area contributed by atoms with Crippen LogP contribution in [-0.4, -0.2) is 60.5 Å². The lowest BCUT2D eigenvalue weighted by Crippen LogP contribution is -2.60. The number of hydrogen-bond acceptors (Lipinski definition) is 6. The van der Waals surface area contributed by atoms with E-state index in [4.69, 9.17) is 12.2 Å². The Kier molecular flexibility index (Phi) is 6.15. The lowest BCUT2D eigenvalue weighted by molar-refractivity contribution is -0.156. The minimum Gasteiger partial charge on any atom is -0.477 e. The number of β-lactam (4-membered cyclic amide) rings is 1. The maximum absolute atomic E-state index is 12.2. The van der Waals surface area contributed by atoms with Gasteiger partial charge in [0.15, 0.2) is 0 Å². The second-order valence-corrected chi connectivity index (χ2v) is 9.28. The normalized spacial score (nSPS) is 22.3. The number of aliphatic hydroxyl groups is 1. The average Bonchev–Trinajstić information content (AvgIpc) is 2.94. The van der Waals surface area contributed by atoms with Crippen molar-refractivity contribution in [2.24, 2.45) is 5.92 Å². The highest BCUT2D eigenvalue weighted by atomic mass is 32.2. The Morgan fingerprint density at radius 3 is 2.67 bits per heavy atom. The number of thioether (sulfide) groups is 2. The van der Waals surface area contributed by atoms with Crippen LogP contribution < -0.4 is 0 Å². The van der Waals surface area contributed by atoms with Crippen molar-refractivity contribution in [3.05, 3.63) is 46.5 Å². The number of hydrogen-bond donors (Lipinski definition) is 2. The summed E-state index contributed by atoms with van der Waals surface area (Å²) in [5.74, 6) is -1.62. The van der Waals surface area contributed by atoms with Crippen molar-refractivity contribution in [2.45, 2.75) is 24.9 Å². The number of fused-ring (bicyclic) bond motifs is 1. The van der Waals surface area contributed by atoms with E-state index in [2.05, 4.69) is 0 Å². The number of nitrogens with zero attached hydrogens (tertiary/aromatic N) is 2. The Morgan fingerprint density at radius 1 is 1.41 bits per heavy atom. The zero-order chi connectivity index (χ0) is 19.7. The molecule has 0 radical (unpaired) electrons. The van der Waals surface area contributed by atoms with Gasteiger partial charge in [0.1, 0.15) is 15.4 Å². The van der Waals surface area contributed by atoms with Crippen molar-refractivity contribution in [1.29, 1.82) is 0 Å². The van der Waals surface area contributed by atoms with Gasteiger partial charge in [-0.05, 0) is 12.5 Å². The molecule has 0 saturated carbocycles. The quantitative estimate of drug-likeness (QED) is 0.532. The van der Waals surface area contributed by atoms with Gasteiger partial charge in [0, 0.05) is 24.3 Å². The third kappa shape index (κ3) is 4.01. The molecule has 144 valence electrons. The van der Waals surface area contributed by atoms with Crippen LogP contribution in [0.25, 0.3) is 0 Å². The molecule has 0 unspecified atom stereocenters. The highest BCUT2D eigenvalue weighted by molar-refractivity contribution is 8.23. The molecule has 6 nitrogen and oxygen atoms in total. The first-order chi connectivity index (χ1) is 12.8. The number of thiocarbonyl (C=S) groups is 1. The summed E-state index contributed by atoms with van der Waals surface area (Å²) in [6.07, 6.45) is -0.800. The van der Waals surface area contributed by atoms with E-state index in [9.17, 15) is 19.8 Å². The second-order valence-electron chi connectivity index (χ2n) is 6.46.